The van der Waals surface area contributed by atoms with E-state index in [2.05, 4.69) is 0 Å². The van der Waals surface area contributed by atoms with Crippen molar-refractivity contribution in [3.05, 3.63) is 64.5 Å². The van der Waals surface area contributed by atoms with Crippen LogP contribution in [-0.2, 0) is 16.9 Å². The molecular formula is C23H26F2N4O2. The average molecular weight is 428 g/mol. The molecule has 1 saturated heterocycles. The lowest BCUT2D eigenvalue weighted by molar-refractivity contribution is -0.132. The fourth-order valence-electron chi connectivity index (χ4n) is 4.19. The van der Waals surface area contributed by atoms with Crippen molar-refractivity contribution in [1.82, 2.24) is 14.3 Å². The Hall–Kier alpha value is -3.16. The van der Waals surface area contributed by atoms with Gasteiger partial charge in [0.1, 0.15) is 18.2 Å². The molecule has 0 saturated carbocycles. The quantitative estimate of drug-likeness (QED) is 0.644. The molecule has 1 aliphatic heterocycles. The number of hydrogen-bond donors (Lipinski definition) is 0. The minimum atomic E-state index is -0.587. The molecule has 0 aliphatic carbocycles. The summed E-state index contributed by atoms with van der Waals surface area (Å²) in [5.74, 6) is -0.900. The smallest absolute Gasteiger partial charge is 0.275 e. The highest BCUT2D eigenvalue weighted by Crippen LogP contribution is 2.22. The normalized spacial score (nSPS) is 15.0. The number of amides is 1. The molecule has 4 rings (SSSR count). The number of halogens is 2. The monoisotopic (exact) mass is 428 g/mol. The van der Waals surface area contributed by atoms with Gasteiger partial charge in [-0.2, -0.15) is 0 Å². The highest BCUT2D eigenvalue weighted by molar-refractivity contribution is 5.82. The number of benzene rings is 2. The predicted octanol–water partition coefficient (Wildman–Crippen LogP) is 3.19. The molecule has 8 heteroatoms. The Balaban J connectivity index is 1.58. The predicted molar refractivity (Wildman–Crippen MR) is 116 cm³/mol. The van der Waals surface area contributed by atoms with E-state index in [4.69, 9.17) is 0 Å². The van der Waals surface area contributed by atoms with Crippen LogP contribution in [0.25, 0.3) is 10.9 Å². The second kappa shape index (κ2) is 7.83. The van der Waals surface area contributed by atoms with Crippen LogP contribution in [0.1, 0.15) is 20.8 Å². The van der Waals surface area contributed by atoms with Gasteiger partial charge in [0, 0.05) is 26.2 Å². The van der Waals surface area contributed by atoms with Crippen molar-refractivity contribution in [2.45, 2.75) is 32.9 Å². The standard InChI is InChI=1S/C23H26F2N4O2/c1-23(2,3)29-22(31)17-9-8-16(24)14-20(17)28(29)15-21(30)27-12-10-26(11-13-27)19-7-5-4-6-18(19)25/h4-9,14H,10-13,15H2,1-3H3. The summed E-state index contributed by atoms with van der Waals surface area (Å²) in [6.07, 6.45) is 0. The molecular weight excluding hydrogens is 402 g/mol. The van der Waals surface area contributed by atoms with Crippen molar-refractivity contribution in [3.63, 3.8) is 0 Å². The zero-order chi connectivity index (χ0) is 22.3. The lowest BCUT2D eigenvalue weighted by atomic mass is 10.1. The van der Waals surface area contributed by atoms with Gasteiger partial charge in [0.25, 0.3) is 5.56 Å². The molecule has 0 radical (unpaired) electrons. The first-order chi connectivity index (χ1) is 14.7. The number of nitrogens with zero attached hydrogens (tertiary/aromatic N) is 4. The number of carbonyl (C=O) groups is 1. The third-order valence-electron chi connectivity index (χ3n) is 5.65. The molecule has 1 fully saturated rings. The Morgan fingerprint density at radius 3 is 2.32 bits per heavy atom. The Morgan fingerprint density at radius 1 is 1.00 bits per heavy atom. The zero-order valence-corrected chi connectivity index (χ0v) is 17.9. The minimum absolute atomic E-state index is 0.0703. The fraction of sp³-hybridized carbons (Fsp3) is 0.391. The maximum Gasteiger partial charge on any atom is 0.275 e. The third kappa shape index (κ3) is 3.94. The van der Waals surface area contributed by atoms with Gasteiger partial charge >= 0.3 is 0 Å². The number of fused-ring (bicyclic) bond motifs is 1. The summed E-state index contributed by atoms with van der Waals surface area (Å²) in [5.41, 5.74) is 0.0946. The highest BCUT2D eigenvalue weighted by atomic mass is 19.1. The molecule has 0 spiro atoms. The number of rotatable bonds is 3. The zero-order valence-electron chi connectivity index (χ0n) is 17.9. The van der Waals surface area contributed by atoms with Crippen molar-refractivity contribution in [3.8, 4) is 0 Å². The van der Waals surface area contributed by atoms with E-state index in [0.717, 1.165) is 0 Å². The minimum Gasteiger partial charge on any atom is -0.366 e. The summed E-state index contributed by atoms with van der Waals surface area (Å²) >= 11 is 0. The van der Waals surface area contributed by atoms with E-state index in [9.17, 15) is 18.4 Å². The second-order valence-electron chi connectivity index (χ2n) is 8.83. The Bertz CT molecular complexity index is 1180. The van der Waals surface area contributed by atoms with Crippen LogP contribution in [0.2, 0.25) is 0 Å². The molecule has 2 aromatic carbocycles. The molecule has 31 heavy (non-hydrogen) atoms. The van der Waals surface area contributed by atoms with Gasteiger partial charge in [0.05, 0.1) is 22.1 Å². The maximum absolute atomic E-state index is 14.1. The first kappa shape index (κ1) is 21.1. The largest absolute Gasteiger partial charge is 0.366 e. The van der Waals surface area contributed by atoms with Gasteiger partial charge in [-0.15, -0.1) is 0 Å². The van der Waals surface area contributed by atoms with Crippen LogP contribution < -0.4 is 10.5 Å². The maximum atomic E-state index is 14.1. The van der Waals surface area contributed by atoms with E-state index in [1.807, 2.05) is 25.7 Å². The Labute approximate surface area is 179 Å². The number of hydrogen-bond acceptors (Lipinski definition) is 3. The van der Waals surface area contributed by atoms with Gasteiger partial charge in [0.15, 0.2) is 0 Å². The lowest BCUT2D eigenvalue weighted by Gasteiger charge is -2.36. The van der Waals surface area contributed by atoms with Gasteiger partial charge in [-0.25, -0.2) is 13.5 Å². The van der Waals surface area contributed by atoms with Crippen molar-refractivity contribution >= 4 is 22.5 Å². The van der Waals surface area contributed by atoms with Crippen LogP contribution in [-0.4, -0.2) is 46.3 Å². The molecule has 6 nitrogen and oxygen atoms in total. The van der Waals surface area contributed by atoms with Crippen LogP contribution in [0.3, 0.4) is 0 Å². The molecule has 1 amide bonds. The van der Waals surface area contributed by atoms with Crippen LogP contribution in [0.5, 0.6) is 0 Å². The number of piperazine rings is 1. The van der Waals surface area contributed by atoms with Crippen LogP contribution >= 0.6 is 0 Å². The van der Waals surface area contributed by atoms with E-state index >= 15 is 0 Å². The van der Waals surface area contributed by atoms with E-state index < -0.39 is 11.4 Å². The first-order valence-corrected chi connectivity index (χ1v) is 10.4. The number of para-hydroxylation sites is 1. The molecule has 0 bridgehead atoms. The van der Waals surface area contributed by atoms with Crippen molar-refractivity contribution in [1.29, 1.82) is 0 Å². The summed E-state index contributed by atoms with van der Waals surface area (Å²) in [6.45, 7) is 7.47. The number of anilines is 1. The van der Waals surface area contributed by atoms with E-state index in [1.165, 1.54) is 28.9 Å². The van der Waals surface area contributed by atoms with E-state index in [0.29, 0.717) is 42.8 Å². The molecule has 0 atom stereocenters. The first-order valence-electron chi connectivity index (χ1n) is 10.4. The van der Waals surface area contributed by atoms with Crippen molar-refractivity contribution in [2.75, 3.05) is 31.1 Å². The third-order valence-corrected chi connectivity index (χ3v) is 5.65. The molecule has 1 aromatic heterocycles. The lowest BCUT2D eigenvalue weighted by Crippen LogP contribution is -2.50. The van der Waals surface area contributed by atoms with Crippen LogP contribution in [0.4, 0.5) is 14.5 Å². The van der Waals surface area contributed by atoms with Gasteiger partial charge in [-0.05, 0) is 51.1 Å². The number of aromatic nitrogens is 2. The molecule has 3 aromatic rings. The number of carbonyl (C=O) groups excluding carboxylic acids is 1. The topological polar surface area (TPSA) is 50.5 Å². The summed E-state index contributed by atoms with van der Waals surface area (Å²) in [4.78, 5) is 29.7. The van der Waals surface area contributed by atoms with E-state index in [1.54, 1.807) is 27.8 Å². The molecule has 164 valence electrons. The summed E-state index contributed by atoms with van der Waals surface area (Å²) in [5, 5.41) is 0.383. The van der Waals surface area contributed by atoms with Gasteiger partial charge in [-0.3, -0.25) is 14.3 Å². The summed E-state index contributed by atoms with van der Waals surface area (Å²) in [6, 6.07) is 10.6. The van der Waals surface area contributed by atoms with Gasteiger partial charge < -0.3 is 9.80 Å². The average Bonchev–Trinajstić information content (AvgIpc) is 2.99. The van der Waals surface area contributed by atoms with Crippen LogP contribution in [0.15, 0.2) is 47.3 Å². The SMILES string of the molecule is CC(C)(C)n1c(=O)c2ccc(F)cc2n1CC(=O)N1CCN(c2ccccc2F)CC1. The molecule has 2 heterocycles. The van der Waals surface area contributed by atoms with Crippen molar-refractivity contribution < 1.29 is 13.6 Å². The second-order valence-corrected chi connectivity index (χ2v) is 8.83. The fourth-order valence-corrected chi connectivity index (χ4v) is 4.19. The molecule has 0 unspecified atom stereocenters. The Kier molecular flexibility index (Phi) is 5.33. The van der Waals surface area contributed by atoms with Crippen molar-refractivity contribution in [2.24, 2.45) is 0 Å². The van der Waals surface area contributed by atoms with Gasteiger partial charge in [0.2, 0.25) is 5.91 Å². The summed E-state index contributed by atoms with van der Waals surface area (Å²) < 4.78 is 31.1. The molecule has 0 N–H and O–H groups in total. The Morgan fingerprint density at radius 2 is 1.68 bits per heavy atom. The highest BCUT2D eigenvalue weighted by Gasteiger charge is 2.27. The summed E-state index contributed by atoms with van der Waals surface area (Å²) in [7, 11) is 0. The van der Waals surface area contributed by atoms with E-state index in [-0.39, 0.29) is 23.8 Å². The van der Waals surface area contributed by atoms with Gasteiger partial charge in [-0.1, -0.05) is 12.1 Å². The van der Waals surface area contributed by atoms with Crippen LogP contribution in [0, 0.1) is 11.6 Å². The molecule has 1 aliphatic rings.